The lowest BCUT2D eigenvalue weighted by molar-refractivity contribution is -0.127. The van der Waals surface area contributed by atoms with Crippen molar-refractivity contribution in [3.63, 3.8) is 0 Å². The van der Waals surface area contributed by atoms with E-state index in [4.69, 9.17) is 0 Å². The van der Waals surface area contributed by atoms with Crippen LogP contribution in [-0.4, -0.2) is 34.5 Å². The van der Waals surface area contributed by atoms with Gasteiger partial charge in [0.2, 0.25) is 0 Å². The topological polar surface area (TPSA) is 74.6 Å². The van der Waals surface area contributed by atoms with Crippen LogP contribution in [0.3, 0.4) is 0 Å². The van der Waals surface area contributed by atoms with Crippen molar-refractivity contribution in [2.45, 2.75) is 174 Å². The minimum absolute atomic E-state index is 0.0633. The van der Waals surface area contributed by atoms with E-state index in [0.29, 0.717) is 12.8 Å². The molecule has 0 saturated heterocycles. The molecule has 0 amide bonds. The van der Waals surface area contributed by atoms with Gasteiger partial charge in [0.1, 0.15) is 5.92 Å². The standard InChI is InChI=1S/C31H59O4/c1-3-5-7-9-11-13-15-17-19-21-23-25-28(33)31(30(35)27-32)29(34)26-24-22-20-18-16-14-12-10-8-6-4-2/h30,32,35H,3-27H2,1-2H3. The molecule has 0 bridgehead atoms. The van der Waals surface area contributed by atoms with E-state index >= 15 is 0 Å². The summed E-state index contributed by atoms with van der Waals surface area (Å²) in [6.07, 6.45) is 25.8. The molecule has 0 rings (SSSR count). The molecule has 207 valence electrons. The van der Waals surface area contributed by atoms with E-state index in [0.717, 1.165) is 38.5 Å². The van der Waals surface area contributed by atoms with Crippen molar-refractivity contribution < 1.29 is 19.8 Å². The molecule has 0 spiro atoms. The number of carbonyl (C=O) groups is 2. The van der Waals surface area contributed by atoms with E-state index in [9.17, 15) is 19.8 Å². The molecule has 2 N–H and O–H groups in total. The number of aliphatic hydroxyl groups excluding tert-OH is 2. The summed E-state index contributed by atoms with van der Waals surface area (Å²) in [5, 5.41) is 19.4. The second-order valence-electron chi connectivity index (χ2n) is 10.5. The van der Waals surface area contributed by atoms with Crippen molar-refractivity contribution in [1.82, 2.24) is 0 Å². The predicted molar refractivity (Wildman–Crippen MR) is 149 cm³/mol. The van der Waals surface area contributed by atoms with Gasteiger partial charge in [0, 0.05) is 12.8 Å². The number of Topliss-reactive ketones (excluding diaryl/α,β-unsaturated/α-hetero) is 2. The monoisotopic (exact) mass is 495 g/mol. The molecule has 4 heteroatoms. The molecule has 35 heavy (non-hydrogen) atoms. The van der Waals surface area contributed by atoms with E-state index in [1.165, 1.54) is 103 Å². The summed E-state index contributed by atoms with van der Waals surface area (Å²) < 4.78 is 0. The van der Waals surface area contributed by atoms with E-state index in [-0.39, 0.29) is 17.5 Å². The molecule has 0 aliphatic carbocycles. The summed E-state index contributed by atoms with van der Waals surface area (Å²) >= 11 is 0. The van der Waals surface area contributed by atoms with E-state index in [1.54, 1.807) is 0 Å². The first-order chi connectivity index (χ1) is 17.1. The van der Waals surface area contributed by atoms with Gasteiger partial charge in [0.05, 0.1) is 12.7 Å². The van der Waals surface area contributed by atoms with Gasteiger partial charge in [0.15, 0.2) is 11.6 Å². The van der Waals surface area contributed by atoms with Crippen LogP contribution < -0.4 is 0 Å². The van der Waals surface area contributed by atoms with Crippen molar-refractivity contribution in [2.24, 2.45) is 0 Å². The molecule has 0 saturated carbocycles. The molecule has 0 aromatic rings. The number of hydrogen-bond donors (Lipinski definition) is 2. The van der Waals surface area contributed by atoms with Crippen LogP contribution in [0, 0.1) is 5.92 Å². The zero-order valence-corrected chi connectivity index (χ0v) is 23.5. The summed E-state index contributed by atoms with van der Waals surface area (Å²) in [7, 11) is 0. The fourth-order valence-corrected chi connectivity index (χ4v) is 4.79. The lowest BCUT2D eigenvalue weighted by Crippen LogP contribution is -2.35. The Morgan fingerprint density at radius 1 is 0.486 bits per heavy atom. The van der Waals surface area contributed by atoms with Crippen molar-refractivity contribution >= 4 is 11.6 Å². The first-order valence-electron chi connectivity index (χ1n) is 15.3. The number of carbonyl (C=O) groups excluding carboxylic acids is 2. The summed E-state index contributed by atoms with van der Waals surface area (Å²) in [5.41, 5.74) is 0. The van der Waals surface area contributed by atoms with Crippen molar-refractivity contribution in [3.8, 4) is 0 Å². The smallest absolute Gasteiger partial charge is 0.150 e. The van der Waals surface area contributed by atoms with Crippen LogP contribution in [0.25, 0.3) is 0 Å². The summed E-state index contributed by atoms with van der Waals surface area (Å²) in [6, 6.07) is 0. The number of aliphatic hydroxyl groups is 2. The average molecular weight is 496 g/mol. The second-order valence-corrected chi connectivity index (χ2v) is 10.5. The van der Waals surface area contributed by atoms with Crippen molar-refractivity contribution in [2.75, 3.05) is 6.61 Å². The molecular weight excluding hydrogens is 436 g/mol. The predicted octanol–water partition coefficient (Wildman–Crippen LogP) is 8.45. The largest absolute Gasteiger partial charge is 0.394 e. The van der Waals surface area contributed by atoms with Gasteiger partial charge in [-0.05, 0) is 12.8 Å². The highest BCUT2D eigenvalue weighted by molar-refractivity contribution is 6.17. The lowest BCUT2D eigenvalue weighted by Gasteiger charge is -2.18. The molecule has 4 nitrogen and oxygen atoms in total. The average Bonchev–Trinajstić information content (AvgIpc) is 2.85. The third-order valence-corrected chi connectivity index (χ3v) is 7.12. The Kier molecular flexibility index (Phi) is 25.8. The van der Waals surface area contributed by atoms with Gasteiger partial charge in [-0.1, -0.05) is 142 Å². The van der Waals surface area contributed by atoms with Crippen molar-refractivity contribution in [1.29, 1.82) is 0 Å². The normalized spacial score (nSPS) is 12.4. The molecule has 1 unspecified atom stereocenters. The van der Waals surface area contributed by atoms with Gasteiger partial charge in [0.25, 0.3) is 0 Å². The van der Waals surface area contributed by atoms with Crippen LogP contribution in [-0.2, 0) is 9.59 Å². The quantitative estimate of drug-likeness (QED) is 0.0843. The molecule has 0 aromatic carbocycles. The fourth-order valence-electron chi connectivity index (χ4n) is 4.79. The van der Waals surface area contributed by atoms with E-state index < -0.39 is 12.7 Å². The molecule has 1 atom stereocenters. The number of ketones is 2. The SMILES string of the molecule is CCCCCCCCCCCCCC(=O)[C](C(=O)CCCCCCCCCCCCC)C(O)CO. The van der Waals surface area contributed by atoms with Gasteiger partial charge in [-0.2, -0.15) is 0 Å². The van der Waals surface area contributed by atoms with Gasteiger partial charge in [-0.25, -0.2) is 0 Å². The van der Waals surface area contributed by atoms with Gasteiger partial charge < -0.3 is 10.2 Å². The van der Waals surface area contributed by atoms with Crippen molar-refractivity contribution in [3.05, 3.63) is 5.92 Å². The molecule has 0 aliphatic rings. The molecule has 0 aromatic heterocycles. The number of rotatable bonds is 28. The minimum atomic E-state index is -1.34. The number of hydrogen-bond acceptors (Lipinski definition) is 4. The molecule has 0 aliphatic heterocycles. The third-order valence-electron chi connectivity index (χ3n) is 7.12. The Balaban J connectivity index is 3.91. The summed E-state index contributed by atoms with van der Waals surface area (Å²) in [5.74, 6) is -0.599. The van der Waals surface area contributed by atoms with Crippen LogP contribution in [0.4, 0.5) is 0 Å². The highest BCUT2D eigenvalue weighted by atomic mass is 16.3. The van der Waals surface area contributed by atoms with Crippen LogP contribution in [0.1, 0.15) is 168 Å². The Hall–Kier alpha value is -0.740. The summed E-state index contributed by atoms with van der Waals surface area (Å²) in [6.45, 7) is 3.92. The first-order valence-corrected chi connectivity index (χ1v) is 15.3. The molecule has 1 radical (unpaired) electrons. The summed E-state index contributed by atoms with van der Waals surface area (Å²) in [4.78, 5) is 25.2. The Morgan fingerprint density at radius 3 is 1.00 bits per heavy atom. The Labute approximate surface area is 218 Å². The van der Waals surface area contributed by atoms with Gasteiger partial charge >= 0.3 is 0 Å². The zero-order chi connectivity index (χ0) is 26.0. The third kappa shape index (κ3) is 21.1. The van der Waals surface area contributed by atoms with Gasteiger partial charge in [-0.3, -0.25) is 9.59 Å². The lowest BCUT2D eigenvalue weighted by atomic mass is 9.87. The van der Waals surface area contributed by atoms with E-state index in [2.05, 4.69) is 13.8 Å². The number of unbranched alkanes of at least 4 members (excludes halogenated alkanes) is 20. The van der Waals surface area contributed by atoms with Crippen LogP contribution in [0.2, 0.25) is 0 Å². The second kappa shape index (κ2) is 26.3. The highest BCUT2D eigenvalue weighted by Gasteiger charge is 2.33. The Bertz CT molecular complexity index is 439. The molecule has 0 heterocycles. The van der Waals surface area contributed by atoms with Gasteiger partial charge in [-0.15, -0.1) is 0 Å². The Morgan fingerprint density at radius 2 is 0.743 bits per heavy atom. The maximum atomic E-state index is 12.6. The van der Waals surface area contributed by atoms with E-state index in [1.807, 2.05) is 0 Å². The first kappa shape index (κ1) is 34.3. The minimum Gasteiger partial charge on any atom is -0.394 e. The fraction of sp³-hybridized carbons (Fsp3) is 0.903. The van der Waals surface area contributed by atoms with Crippen LogP contribution >= 0.6 is 0 Å². The maximum absolute atomic E-state index is 12.6. The van der Waals surface area contributed by atoms with Crippen LogP contribution in [0.15, 0.2) is 0 Å². The maximum Gasteiger partial charge on any atom is 0.150 e. The molecule has 0 fully saturated rings. The highest BCUT2D eigenvalue weighted by Crippen LogP contribution is 2.20. The molecular formula is C31H59O4. The van der Waals surface area contributed by atoms with Crippen LogP contribution in [0.5, 0.6) is 0 Å². The zero-order valence-electron chi connectivity index (χ0n) is 23.5.